The summed E-state index contributed by atoms with van der Waals surface area (Å²) in [4.78, 5) is 11.5. The Hall–Kier alpha value is -0.610. The molecule has 5 N–H and O–H groups in total. The molecule has 4 heteroatoms. The van der Waals surface area contributed by atoms with Gasteiger partial charge in [0.25, 0.3) is 0 Å². The van der Waals surface area contributed by atoms with Crippen LogP contribution in [0.25, 0.3) is 0 Å². The van der Waals surface area contributed by atoms with Gasteiger partial charge >= 0.3 is 0 Å². The molecule has 0 aromatic rings. The summed E-state index contributed by atoms with van der Waals surface area (Å²) >= 11 is 0. The standard InChI is InChI=1S/C11H25N3O/c1-3-4-5-10(8-12)14-11(15)7-6-9(2)13/h9-10H,3-8,12-13H2,1-2H3,(H,14,15). The van der Waals surface area contributed by atoms with Crippen molar-refractivity contribution in [2.75, 3.05) is 6.54 Å². The first-order valence-corrected chi connectivity index (χ1v) is 5.85. The third-order valence-corrected chi connectivity index (χ3v) is 2.38. The maximum absolute atomic E-state index is 11.5. The van der Waals surface area contributed by atoms with E-state index in [1.54, 1.807) is 0 Å². The molecule has 0 aromatic heterocycles. The van der Waals surface area contributed by atoms with Gasteiger partial charge in [0.1, 0.15) is 0 Å². The minimum absolute atomic E-state index is 0.0684. The fraction of sp³-hybridized carbons (Fsp3) is 0.909. The summed E-state index contributed by atoms with van der Waals surface area (Å²) in [5.41, 5.74) is 11.2. The van der Waals surface area contributed by atoms with Gasteiger partial charge in [0.2, 0.25) is 5.91 Å². The second-order valence-electron chi connectivity index (χ2n) is 4.16. The van der Waals surface area contributed by atoms with Crippen molar-refractivity contribution in [3.05, 3.63) is 0 Å². The molecule has 0 aliphatic rings. The Labute approximate surface area is 92.8 Å². The maximum atomic E-state index is 11.5. The Bertz CT molecular complexity index is 171. The minimum atomic E-state index is 0.0684. The Morgan fingerprint density at radius 3 is 2.53 bits per heavy atom. The fourth-order valence-electron chi connectivity index (χ4n) is 1.36. The van der Waals surface area contributed by atoms with Gasteiger partial charge in [0.05, 0.1) is 0 Å². The summed E-state index contributed by atoms with van der Waals surface area (Å²) in [5.74, 6) is 0.0684. The van der Waals surface area contributed by atoms with E-state index in [9.17, 15) is 4.79 Å². The first kappa shape index (κ1) is 14.4. The van der Waals surface area contributed by atoms with E-state index in [4.69, 9.17) is 11.5 Å². The monoisotopic (exact) mass is 215 g/mol. The highest BCUT2D eigenvalue weighted by molar-refractivity contribution is 5.76. The molecule has 90 valence electrons. The average Bonchev–Trinajstić information content (AvgIpc) is 2.21. The van der Waals surface area contributed by atoms with Crippen LogP contribution in [0.3, 0.4) is 0 Å². The Morgan fingerprint density at radius 2 is 2.07 bits per heavy atom. The lowest BCUT2D eigenvalue weighted by atomic mass is 10.1. The number of amides is 1. The highest BCUT2D eigenvalue weighted by Gasteiger charge is 2.10. The van der Waals surface area contributed by atoms with Crippen LogP contribution in [0.1, 0.15) is 46.0 Å². The molecule has 0 radical (unpaired) electrons. The number of unbranched alkanes of at least 4 members (excludes halogenated alkanes) is 1. The van der Waals surface area contributed by atoms with Gasteiger partial charge in [-0.05, 0) is 19.8 Å². The second kappa shape index (κ2) is 8.68. The number of nitrogens with one attached hydrogen (secondary N) is 1. The molecule has 0 saturated heterocycles. The highest BCUT2D eigenvalue weighted by Crippen LogP contribution is 2.00. The van der Waals surface area contributed by atoms with Gasteiger partial charge in [-0.3, -0.25) is 4.79 Å². The quantitative estimate of drug-likeness (QED) is 0.559. The molecule has 0 aliphatic carbocycles. The van der Waals surface area contributed by atoms with Gasteiger partial charge < -0.3 is 16.8 Å². The lowest BCUT2D eigenvalue weighted by Crippen LogP contribution is -2.40. The van der Waals surface area contributed by atoms with E-state index >= 15 is 0 Å². The van der Waals surface area contributed by atoms with E-state index in [-0.39, 0.29) is 18.0 Å². The zero-order chi connectivity index (χ0) is 11.7. The Morgan fingerprint density at radius 1 is 1.40 bits per heavy atom. The van der Waals surface area contributed by atoms with E-state index in [0.29, 0.717) is 13.0 Å². The van der Waals surface area contributed by atoms with Gasteiger partial charge in [0, 0.05) is 25.0 Å². The molecule has 0 saturated carbocycles. The molecule has 1 amide bonds. The maximum Gasteiger partial charge on any atom is 0.220 e. The van der Waals surface area contributed by atoms with Crippen LogP contribution in [0, 0.1) is 0 Å². The summed E-state index contributed by atoms with van der Waals surface area (Å²) in [7, 11) is 0. The van der Waals surface area contributed by atoms with Crippen LogP contribution in [0.15, 0.2) is 0 Å². The summed E-state index contributed by atoms with van der Waals surface area (Å²) in [6, 6.07) is 0.216. The number of hydrogen-bond acceptors (Lipinski definition) is 3. The minimum Gasteiger partial charge on any atom is -0.352 e. The van der Waals surface area contributed by atoms with Crippen molar-refractivity contribution < 1.29 is 4.79 Å². The predicted molar refractivity (Wildman–Crippen MR) is 63.4 cm³/mol. The van der Waals surface area contributed by atoms with Crippen LogP contribution in [0.2, 0.25) is 0 Å². The lowest BCUT2D eigenvalue weighted by Gasteiger charge is -2.16. The van der Waals surface area contributed by atoms with Crippen molar-refractivity contribution in [2.24, 2.45) is 11.5 Å². The summed E-state index contributed by atoms with van der Waals surface area (Å²) in [6.07, 6.45) is 4.44. The van der Waals surface area contributed by atoms with Crippen molar-refractivity contribution in [2.45, 2.75) is 58.0 Å². The van der Waals surface area contributed by atoms with Crippen molar-refractivity contribution in [3.8, 4) is 0 Å². The van der Waals surface area contributed by atoms with Gasteiger partial charge in [0.15, 0.2) is 0 Å². The molecule has 0 fully saturated rings. The zero-order valence-electron chi connectivity index (χ0n) is 9.96. The van der Waals surface area contributed by atoms with E-state index < -0.39 is 0 Å². The number of nitrogens with two attached hydrogens (primary N) is 2. The molecule has 4 nitrogen and oxygen atoms in total. The van der Waals surface area contributed by atoms with Gasteiger partial charge in [-0.25, -0.2) is 0 Å². The number of hydrogen-bond donors (Lipinski definition) is 3. The normalized spacial score (nSPS) is 14.7. The fourth-order valence-corrected chi connectivity index (χ4v) is 1.36. The van der Waals surface area contributed by atoms with E-state index in [2.05, 4.69) is 12.2 Å². The van der Waals surface area contributed by atoms with Gasteiger partial charge in [-0.2, -0.15) is 0 Å². The molecule has 0 heterocycles. The van der Waals surface area contributed by atoms with Crippen molar-refractivity contribution >= 4 is 5.91 Å². The van der Waals surface area contributed by atoms with Gasteiger partial charge in [-0.15, -0.1) is 0 Å². The van der Waals surface area contributed by atoms with E-state index in [0.717, 1.165) is 25.7 Å². The van der Waals surface area contributed by atoms with Crippen LogP contribution < -0.4 is 16.8 Å². The third kappa shape index (κ3) is 8.39. The summed E-state index contributed by atoms with van der Waals surface area (Å²) in [6.45, 7) is 4.56. The van der Waals surface area contributed by atoms with Gasteiger partial charge in [-0.1, -0.05) is 19.8 Å². The molecule has 0 aliphatic heterocycles. The van der Waals surface area contributed by atoms with Crippen molar-refractivity contribution in [1.29, 1.82) is 0 Å². The molecule has 15 heavy (non-hydrogen) atoms. The zero-order valence-corrected chi connectivity index (χ0v) is 9.96. The third-order valence-electron chi connectivity index (χ3n) is 2.38. The van der Waals surface area contributed by atoms with Crippen LogP contribution in [0.5, 0.6) is 0 Å². The Kier molecular flexibility index (Phi) is 8.33. The van der Waals surface area contributed by atoms with Crippen LogP contribution >= 0.6 is 0 Å². The van der Waals surface area contributed by atoms with Crippen molar-refractivity contribution in [3.63, 3.8) is 0 Å². The predicted octanol–water partition coefficient (Wildman–Crippen LogP) is 0.748. The summed E-state index contributed by atoms with van der Waals surface area (Å²) in [5, 5.41) is 2.94. The van der Waals surface area contributed by atoms with Crippen LogP contribution in [0.4, 0.5) is 0 Å². The molecule has 2 unspecified atom stereocenters. The van der Waals surface area contributed by atoms with E-state index in [1.807, 2.05) is 6.92 Å². The first-order chi connectivity index (χ1) is 7.10. The molecule has 2 atom stereocenters. The second-order valence-corrected chi connectivity index (χ2v) is 4.16. The summed E-state index contributed by atoms with van der Waals surface area (Å²) < 4.78 is 0. The molecule has 0 bridgehead atoms. The van der Waals surface area contributed by atoms with Crippen molar-refractivity contribution in [1.82, 2.24) is 5.32 Å². The first-order valence-electron chi connectivity index (χ1n) is 5.85. The van der Waals surface area contributed by atoms with Crippen LogP contribution in [-0.4, -0.2) is 24.5 Å². The smallest absolute Gasteiger partial charge is 0.220 e. The number of rotatable bonds is 8. The topological polar surface area (TPSA) is 81.1 Å². The SMILES string of the molecule is CCCCC(CN)NC(=O)CCC(C)N. The number of carbonyl (C=O) groups excluding carboxylic acids is 1. The lowest BCUT2D eigenvalue weighted by molar-refractivity contribution is -0.121. The molecular formula is C11H25N3O. The number of carbonyl (C=O) groups is 1. The largest absolute Gasteiger partial charge is 0.352 e. The molecule has 0 rings (SSSR count). The van der Waals surface area contributed by atoms with Crippen LogP contribution in [-0.2, 0) is 4.79 Å². The molecule has 0 aromatic carbocycles. The Balaban J connectivity index is 3.70. The molecular weight excluding hydrogens is 190 g/mol. The van der Waals surface area contributed by atoms with E-state index in [1.165, 1.54) is 0 Å². The molecule has 0 spiro atoms. The highest BCUT2D eigenvalue weighted by atomic mass is 16.1. The average molecular weight is 215 g/mol.